The maximum absolute atomic E-state index is 5.82. The van der Waals surface area contributed by atoms with Crippen LogP contribution in [0.15, 0.2) is 6.07 Å². The summed E-state index contributed by atoms with van der Waals surface area (Å²) in [7, 11) is 0. The first-order valence-electron chi connectivity index (χ1n) is 6.93. The van der Waals surface area contributed by atoms with Crippen molar-refractivity contribution in [3.8, 4) is 0 Å². The minimum atomic E-state index is 0.361. The third-order valence-electron chi connectivity index (χ3n) is 3.97. The van der Waals surface area contributed by atoms with E-state index in [1.165, 1.54) is 30.6 Å². The number of nitrogens with two attached hydrogens (primary N) is 1. The van der Waals surface area contributed by atoms with Crippen LogP contribution in [-0.2, 0) is 0 Å². The molecular formula is C14H20N4S. The van der Waals surface area contributed by atoms with Gasteiger partial charge in [-0.25, -0.2) is 4.98 Å². The number of nitrogens with zero attached hydrogens (tertiary/aromatic N) is 2. The van der Waals surface area contributed by atoms with Crippen LogP contribution in [0.2, 0.25) is 0 Å². The second-order valence-electron chi connectivity index (χ2n) is 5.52. The van der Waals surface area contributed by atoms with E-state index in [0.29, 0.717) is 17.9 Å². The molecule has 0 aromatic carbocycles. The predicted octanol–water partition coefficient (Wildman–Crippen LogP) is 3.57. The van der Waals surface area contributed by atoms with Crippen LogP contribution < -0.4 is 11.1 Å². The number of anilines is 2. The summed E-state index contributed by atoms with van der Waals surface area (Å²) in [6, 6.07) is 2.65. The van der Waals surface area contributed by atoms with E-state index in [1.54, 1.807) is 11.3 Å². The van der Waals surface area contributed by atoms with Gasteiger partial charge in [-0.2, -0.15) is 4.98 Å². The third kappa shape index (κ3) is 2.52. The summed E-state index contributed by atoms with van der Waals surface area (Å²) < 4.78 is 0. The summed E-state index contributed by atoms with van der Waals surface area (Å²) in [6.07, 6.45) is 5.16. The molecule has 1 saturated carbocycles. The van der Waals surface area contributed by atoms with E-state index in [9.17, 15) is 0 Å². The number of thiophene rings is 1. The fourth-order valence-corrected chi connectivity index (χ4v) is 3.76. The van der Waals surface area contributed by atoms with Gasteiger partial charge in [-0.3, -0.25) is 0 Å². The summed E-state index contributed by atoms with van der Waals surface area (Å²) >= 11 is 1.67. The van der Waals surface area contributed by atoms with E-state index in [2.05, 4.69) is 35.2 Å². The molecule has 1 aliphatic carbocycles. The van der Waals surface area contributed by atoms with E-state index < -0.39 is 0 Å². The zero-order valence-electron chi connectivity index (χ0n) is 11.4. The van der Waals surface area contributed by atoms with Gasteiger partial charge in [0, 0.05) is 10.9 Å². The van der Waals surface area contributed by atoms with Gasteiger partial charge in [0.05, 0.1) is 5.39 Å². The van der Waals surface area contributed by atoms with Crippen LogP contribution in [0.4, 0.5) is 11.8 Å². The van der Waals surface area contributed by atoms with Gasteiger partial charge in [-0.15, -0.1) is 11.3 Å². The minimum Gasteiger partial charge on any atom is -0.368 e. The molecule has 0 saturated heterocycles. The molecule has 2 aromatic heterocycles. The molecule has 2 heterocycles. The maximum atomic E-state index is 5.82. The molecular weight excluding hydrogens is 256 g/mol. The van der Waals surface area contributed by atoms with Gasteiger partial charge >= 0.3 is 0 Å². The highest BCUT2D eigenvalue weighted by molar-refractivity contribution is 7.18. The fraction of sp³-hybridized carbons (Fsp3) is 0.571. The van der Waals surface area contributed by atoms with Gasteiger partial charge in [-0.1, -0.05) is 19.8 Å². The SMILES string of the molecule is Cc1cc2c(NC3CCCCC3C)nc(N)nc2s1. The Kier molecular flexibility index (Phi) is 3.31. The van der Waals surface area contributed by atoms with E-state index in [-0.39, 0.29) is 0 Å². The van der Waals surface area contributed by atoms with Gasteiger partial charge < -0.3 is 11.1 Å². The highest BCUT2D eigenvalue weighted by atomic mass is 32.1. The number of fused-ring (bicyclic) bond motifs is 1. The Morgan fingerprint density at radius 3 is 2.89 bits per heavy atom. The molecule has 3 rings (SSSR count). The zero-order valence-corrected chi connectivity index (χ0v) is 12.3. The van der Waals surface area contributed by atoms with Crippen LogP contribution >= 0.6 is 11.3 Å². The third-order valence-corrected chi connectivity index (χ3v) is 4.91. The topological polar surface area (TPSA) is 63.8 Å². The molecule has 2 unspecified atom stereocenters. The lowest BCUT2D eigenvalue weighted by Crippen LogP contribution is -2.30. The van der Waals surface area contributed by atoms with Crippen molar-refractivity contribution >= 4 is 33.3 Å². The van der Waals surface area contributed by atoms with Crippen molar-refractivity contribution in [2.45, 2.75) is 45.6 Å². The molecule has 5 heteroatoms. The number of rotatable bonds is 2. The Balaban J connectivity index is 1.95. The normalized spacial score (nSPS) is 23.7. The Hall–Kier alpha value is -1.36. The van der Waals surface area contributed by atoms with Crippen molar-refractivity contribution in [1.82, 2.24) is 9.97 Å². The van der Waals surface area contributed by atoms with Crippen molar-refractivity contribution in [1.29, 1.82) is 0 Å². The standard InChI is InChI=1S/C14H20N4S/c1-8-5-3-4-6-11(8)16-12-10-7-9(2)19-13(10)18-14(15)17-12/h7-8,11H,3-6H2,1-2H3,(H3,15,16,17,18). The molecule has 0 aliphatic heterocycles. The summed E-state index contributed by atoms with van der Waals surface area (Å²) in [5.74, 6) is 1.96. The van der Waals surface area contributed by atoms with E-state index >= 15 is 0 Å². The number of aryl methyl sites for hydroxylation is 1. The average molecular weight is 276 g/mol. The van der Waals surface area contributed by atoms with Crippen molar-refractivity contribution in [2.24, 2.45) is 5.92 Å². The minimum absolute atomic E-state index is 0.361. The molecule has 0 amide bonds. The number of nitrogen functional groups attached to an aromatic ring is 1. The molecule has 1 aliphatic rings. The first-order chi connectivity index (χ1) is 9.13. The second kappa shape index (κ2) is 4.96. The number of nitrogens with one attached hydrogen (secondary N) is 1. The van der Waals surface area contributed by atoms with Crippen LogP contribution in [0, 0.1) is 12.8 Å². The average Bonchev–Trinajstić information content (AvgIpc) is 2.72. The maximum Gasteiger partial charge on any atom is 0.223 e. The summed E-state index contributed by atoms with van der Waals surface area (Å²) in [5, 5.41) is 4.71. The van der Waals surface area contributed by atoms with Gasteiger partial charge in [0.2, 0.25) is 5.95 Å². The van der Waals surface area contributed by atoms with Crippen molar-refractivity contribution in [2.75, 3.05) is 11.1 Å². The molecule has 0 bridgehead atoms. The zero-order chi connectivity index (χ0) is 13.4. The highest BCUT2D eigenvalue weighted by Gasteiger charge is 2.22. The molecule has 1 fully saturated rings. The number of hydrogen-bond donors (Lipinski definition) is 2. The molecule has 19 heavy (non-hydrogen) atoms. The largest absolute Gasteiger partial charge is 0.368 e. The molecule has 2 atom stereocenters. The molecule has 2 aromatic rings. The Morgan fingerprint density at radius 1 is 1.32 bits per heavy atom. The van der Waals surface area contributed by atoms with Crippen molar-refractivity contribution in [3.63, 3.8) is 0 Å². The van der Waals surface area contributed by atoms with E-state index in [4.69, 9.17) is 5.73 Å². The molecule has 102 valence electrons. The predicted molar refractivity (Wildman–Crippen MR) is 81.6 cm³/mol. The quantitative estimate of drug-likeness (QED) is 0.880. The monoisotopic (exact) mass is 276 g/mol. The van der Waals surface area contributed by atoms with Gasteiger partial charge in [0.25, 0.3) is 0 Å². The first kappa shape index (κ1) is 12.7. The van der Waals surface area contributed by atoms with Gasteiger partial charge in [0.1, 0.15) is 10.6 Å². The van der Waals surface area contributed by atoms with Gasteiger partial charge in [0.15, 0.2) is 0 Å². The summed E-state index contributed by atoms with van der Waals surface area (Å²) in [4.78, 5) is 10.9. The van der Waals surface area contributed by atoms with Crippen LogP contribution in [-0.4, -0.2) is 16.0 Å². The lowest BCUT2D eigenvalue weighted by molar-refractivity contribution is 0.349. The van der Waals surface area contributed by atoms with Crippen LogP contribution in [0.1, 0.15) is 37.5 Å². The van der Waals surface area contributed by atoms with Crippen LogP contribution in [0.5, 0.6) is 0 Å². The Bertz CT molecular complexity index is 592. The van der Waals surface area contributed by atoms with Crippen LogP contribution in [0.25, 0.3) is 10.2 Å². The van der Waals surface area contributed by atoms with Crippen molar-refractivity contribution in [3.05, 3.63) is 10.9 Å². The molecule has 0 spiro atoms. The Labute approximate surface area is 117 Å². The Morgan fingerprint density at radius 2 is 2.11 bits per heavy atom. The van der Waals surface area contributed by atoms with E-state index in [0.717, 1.165) is 16.0 Å². The van der Waals surface area contributed by atoms with Crippen molar-refractivity contribution < 1.29 is 0 Å². The van der Waals surface area contributed by atoms with Gasteiger partial charge in [-0.05, 0) is 31.7 Å². The summed E-state index contributed by atoms with van der Waals surface area (Å²) in [6.45, 7) is 4.41. The highest BCUT2D eigenvalue weighted by Crippen LogP contribution is 2.32. The smallest absolute Gasteiger partial charge is 0.223 e. The number of aromatic nitrogens is 2. The number of hydrogen-bond acceptors (Lipinski definition) is 5. The molecule has 0 radical (unpaired) electrons. The van der Waals surface area contributed by atoms with Crippen LogP contribution in [0.3, 0.4) is 0 Å². The fourth-order valence-electron chi connectivity index (χ4n) is 2.87. The lowest BCUT2D eigenvalue weighted by Gasteiger charge is -2.30. The molecule has 3 N–H and O–H groups in total. The first-order valence-corrected chi connectivity index (χ1v) is 7.75. The lowest BCUT2D eigenvalue weighted by atomic mass is 9.86. The second-order valence-corrected chi connectivity index (χ2v) is 6.75. The summed E-state index contributed by atoms with van der Waals surface area (Å²) in [5.41, 5.74) is 5.82. The molecule has 4 nitrogen and oxygen atoms in total. The van der Waals surface area contributed by atoms with E-state index in [1.807, 2.05) is 0 Å².